The zero-order valence-corrected chi connectivity index (χ0v) is 10.8. The molecule has 7 heteroatoms. The van der Waals surface area contributed by atoms with Crippen LogP contribution in [0, 0.1) is 11.3 Å². The molecule has 0 saturated heterocycles. The summed E-state index contributed by atoms with van der Waals surface area (Å²) in [5.74, 6) is 0. The van der Waals surface area contributed by atoms with Gasteiger partial charge in [-0.25, -0.2) is 14.3 Å². The summed E-state index contributed by atoms with van der Waals surface area (Å²) in [7, 11) is 0. The number of nitrogens with zero attached hydrogens (tertiary/aromatic N) is 3. The smallest absolute Gasteiger partial charge is 0.272 e. The van der Waals surface area contributed by atoms with Gasteiger partial charge in [-0.15, -0.1) is 11.3 Å². The van der Waals surface area contributed by atoms with Crippen molar-refractivity contribution >= 4 is 11.3 Å². The summed E-state index contributed by atoms with van der Waals surface area (Å²) in [6.07, 6.45) is 5.41. The van der Waals surface area contributed by atoms with Gasteiger partial charge in [0.15, 0.2) is 5.13 Å². The maximum atomic E-state index is 11.8. The Balaban J connectivity index is 2.17. The number of thiazole rings is 1. The molecule has 1 aliphatic carbocycles. The molecule has 1 N–H and O–H groups in total. The Bertz CT molecular complexity index is 770. The Hall–Kier alpha value is -2.20. The Morgan fingerprint density at radius 1 is 1.37 bits per heavy atom. The number of nitriles is 1. The lowest BCUT2D eigenvalue weighted by molar-refractivity contribution is 0.680. The van der Waals surface area contributed by atoms with Gasteiger partial charge in [-0.05, 0) is 25.7 Å². The molecule has 2 heterocycles. The fourth-order valence-corrected chi connectivity index (χ4v) is 3.26. The monoisotopic (exact) mass is 274 g/mol. The van der Waals surface area contributed by atoms with Gasteiger partial charge in [0.05, 0.1) is 5.69 Å². The van der Waals surface area contributed by atoms with Crippen molar-refractivity contribution in [2.45, 2.75) is 25.7 Å². The van der Waals surface area contributed by atoms with E-state index in [4.69, 9.17) is 5.26 Å². The van der Waals surface area contributed by atoms with Crippen molar-refractivity contribution in [1.29, 1.82) is 5.26 Å². The molecular weight excluding hydrogens is 264 g/mol. The summed E-state index contributed by atoms with van der Waals surface area (Å²) in [5, 5.41) is 9.36. The number of hydrogen-bond acceptors (Lipinski definition) is 5. The van der Waals surface area contributed by atoms with Crippen molar-refractivity contribution in [1.82, 2.24) is 14.5 Å². The first-order valence-electron chi connectivity index (χ1n) is 5.94. The van der Waals surface area contributed by atoms with Gasteiger partial charge in [0.2, 0.25) is 0 Å². The minimum Gasteiger partial charge on any atom is -0.272 e. The lowest BCUT2D eigenvalue weighted by Gasteiger charge is -2.06. The number of nitrogens with one attached hydrogen (secondary N) is 1. The maximum absolute atomic E-state index is 11.8. The average Bonchev–Trinajstić information content (AvgIpc) is 2.82. The summed E-state index contributed by atoms with van der Waals surface area (Å²) < 4.78 is 1.24. The molecule has 0 unspecified atom stereocenters. The topological polar surface area (TPSA) is 91.5 Å². The minimum absolute atomic E-state index is 0.0900. The van der Waals surface area contributed by atoms with Crippen molar-refractivity contribution < 1.29 is 0 Å². The second-order valence-electron chi connectivity index (χ2n) is 4.36. The predicted molar refractivity (Wildman–Crippen MR) is 69.7 cm³/mol. The summed E-state index contributed by atoms with van der Waals surface area (Å²) in [4.78, 5) is 30.9. The van der Waals surface area contributed by atoms with Gasteiger partial charge in [-0.2, -0.15) is 5.26 Å². The van der Waals surface area contributed by atoms with Gasteiger partial charge in [0, 0.05) is 11.1 Å². The second-order valence-corrected chi connectivity index (χ2v) is 5.42. The zero-order chi connectivity index (χ0) is 13.4. The largest absolute Gasteiger partial charge is 0.334 e. The molecule has 0 bridgehead atoms. The molecule has 0 amide bonds. The molecule has 0 spiro atoms. The predicted octanol–water partition coefficient (Wildman–Crippen LogP) is 0.733. The third-order valence-electron chi connectivity index (χ3n) is 3.10. The van der Waals surface area contributed by atoms with E-state index < -0.39 is 11.2 Å². The molecule has 2 aromatic heterocycles. The number of rotatable bonds is 1. The van der Waals surface area contributed by atoms with Crippen LogP contribution >= 0.6 is 11.3 Å². The summed E-state index contributed by atoms with van der Waals surface area (Å²) in [6, 6.07) is 1.77. The van der Waals surface area contributed by atoms with Gasteiger partial charge < -0.3 is 0 Å². The van der Waals surface area contributed by atoms with E-state index in [1.54, 1.807) is 6.07 Å². The normalized spacial score (nSPS) is 13.8. The van der Waals surface area contributed by atoms with E-state index in [9.17, 15) is 9.59 Å². The quantitative estimate of drug-likeness (QED) is 0.830. The van der Waals surface area contributed by atoms with Crippen LogP contribution in [0.3, 0.4) is 0 Å². The highest BCUT2D eigenvalue weighted by atomic mass is 32.1. The molecule has 0 fully saturated rings. The number of aryl methyl sites for hydroxylation is 2. The van der Waals surface area contributed by atoms with Crippen LogP contribution in [-0.4, -0.2) is 14.5 Å². The minimum atomic E-state index is -0.662. The van der Waals surface area contributed by atoms with Gasteiger partial charge in [0.1, 0.15) is 11.6 Å². The Morgan fingerprint density at radius 3 is 2.89 bits per heavy atom. The molecule has 0 radical (unpaired) electrons. The van der Waals surface area contributed by atoms with Crippen LogP contribution in [0.25, 0.3) is 5.13 Å². The fraction of sp³-hybridized carbons (Fsp3) is 0.333. The van der Waals surface area contributed by atoms with Crippen molar-refractivity contribution in [3.63, 3.8) is 0 Å². The van der Waals surface area contributed by atoms with Crippen LogP contribution in [0.5, 0.6) is 0 Å². The molecule has 0 saturated carbocycles. The van der Waals surface area contributed by atoms with Crippen LogP contribution in [0.4, 0.5) is 0 Å². The van der Waals surface area contributed by atoms with Crippen LogP contribution in [-0.2, 0) is 12.8 Å². The summed E-state index contributed by atoms with van der Waals surface area (Å²) >= 11 is 1.45. The molecule has 2 aromatic rings. The third-order valence-corrected chi connectivity index (χ3v) is 4.26. The van der Waals surface area contributed by atoms with E-state index in [1.807, 2.05) is 0 Å². The molecule has 1 aliphatic rings. The van der Waals surface area contributed by atoms with Crippen molar-refractivity contribution in [3.8, 4) is 11.2 Å². The summed E-state index contributed by atoms with van der Waals surface area (Å²) in [5.41, 5.74) is -0.282. The number of aromatic nitrogens is 3. The Labute approximate surface area is 112 Å². The Morgan fingerprint density at radius 2 is 2.16 bits per heavy atom. The van der Waals surface area contributed by atoms with Gasteiger partial charge in [-0.1, -0.05) is 0 Å². The van der Waals surface area contributed by atoms with Gasteiger partial charge in [0.25, 0.3) is 5.56 Å². The SMILES string of the molecule is N#Cc1cn(-c2nc3c(s2)CCCC3)c(=O)[nH]c1=O. The number of fused-ring (bicyclic) bond motifs is 1. The first kappa shape index (κ1) is 11.9. The van der Waals surface area contributed by atoms with E-state index in [1.165, 1.54) is 27.0 Å². The zero-order valence-electron chi connectivity index (χ0n) is 9.97. The van der Waals surface area contributed by atoms with Crippen LogP contribution in [0.1, 0.15) is 29.0 Å². The highest BCUT2D eigenvalue weighted by Crippen LogP contribution is 2.27. The van der Waals surface area contributed by atoms with E-state index in [0.29, 0.717) is 5.13 Å². The van der Waals surface area contributed by atoms with Crippen molar-refractivity contribution in [2.75, 3.05) is 0 Å². The number of hydrogen-bond donors (Lipinski definition) is 1. The molecule has 0 aliphatic heterocycles. The van der Waals surface area contributed by atoms with E-state index >= 15 is 0 Å². The fourth-order valence-electron chi connectivity index (χ4n) is 2.13. The first-order valence-corrected chi connectivity index (χ1v) is 6.76. The molecule has 96 valence electrons. The van der Waals surface area contributed by atoms with Gasteiger partial charge in [-0.3, -0.25) is 9.78 Å². The Kier molecular flexibility index (Phi) is 2.80. The highest BCUT2D eigenvalue weighted by Gasteiger charge is 2.17. The molecule has 19 heavy (non-hydrogen) atoms. The molecule has 0 aromatic carbocycles. The van der Waals surface area contributed by atoms with Crippen LogP contribution in [0.15, 0.2) is 15.8 Å². The standard InChI is InChI=1S/C12H10N4O2S/c13-5-7-6-16(11(18)15-10(7)17)12-14-8-3-1-2-4-9(8)19-12/h6H,1-4H2,(H,15,17,18). The van der Waals surface area contributed by atoms with E-state index in [-0.39, 0.29) is 5.56 Å². The lowest BCUT2D eigenvalue weighted by atomic mass is 10.0. The molecule has 6 nitrogen and oxygen atoms in total. The molecule has 0 atom stereocenters. The third kappa shape index (κ3) is 2.00. The average molecular weight is 274 g/mol. The van der Waals surface area contributed by atoms with E-state index in [2.05, 4.69) is 9.97 Å². The molecular formula is C12H10N4O2S. The lowest BCUT2D eigenvalue weighted by Crippen LogP contribution is -2.30. The first-order chi connectivity index (χ1) is 9.19. The molecule has 3 rings (SSSR count). The van der Waals surface area contributed by atoms with Gasteiger partial charge >= 0.3 is 5.69 Å². The van der Waals surface area contributed by atoms with Crippen molar-refractivity contribution in [3.05, 3.63) is 43.2 Å². The highest BCUT2D eigenvalue weighted by molar-refractivity contribution is 7.14. The van der Waals surface area contributed by atoms with Crippen LogP contribution in [0.2, 0.25) is 0 Å². The maximum Gasteiger partial charge on any atom is 0.334 e. The number of aromatic amines is 1. The number of H-pyrrole nitrogens is 1. The van der Waals surface area contributed by atoms with Crippen LogP contribution < -0.4 is 11.2 Å². The second kappa shape index (κ2) is 4.48. The summed E-state index contributed by atoms with van der Waals surface area (Å²) in [6.45, 7) is 0. The van der Waals surface area contributed by atoms with E-state index in [0.717, 1.165) is 31.4 Å². The van der Waals surface area contributed by atoms with Crippen molar-refractivity contribution in [2.24, 2.45) is 0 Å².